The van der Waals surface area contributed by atoms with Crippen molar-refractivity contribution in [1.29, 1.82) is 0 Å². The summed E-state index contributed by atoms with van der Waals surface area (Å²) >= 11 is 0. The van der Waals surface area contributed by atoms with E-state index in [4.69, 9.17) is 4.74 Å². The fraction of sp³-hybridized carbons (Fsp3) is 0.567. The molecule has 1 atom stereocenters. The second kappa shape index (κ2) is 14.2. The number of nitrogens with zero attached hydrogens (tertiary/aromatic N) is 2. The highest BCUT2D eigenvalue weighted by Gasteiger charge is 2.30. The second-order valence-electron chi connectivity index (χ2n) is 11.2. The monoisotopic (exact) mass is 572 g/mol. The molecule has 0 bridgehead atoms. The van der Waals surface area contributed by atoms with Crippen LogP contribution in [-0.4, -0.2) is 73.4 Å². The molecule has 2 aliphatic rings. The van der Waals surface area contributed by atoms with Gasteiger partial charge in [-0.3, -0.25) is 9.62 Å². The largest absolute Gasteiger partial charge is 0.457 e. The van der Waals surface area contributed by atoms with Gasteiger partial charge < -0.3 is 20.1 Å². The van der Waals surface area contributed by atoms with Gasteiger partial charge in [-0.2, -0.15) is 0 Å². The first-order valence-electron chi connectivity index (χ1n) is 14.5. The molecule has 0 radical (unpaired) electrons. The van der Waals surface area contributed by atoms with Crippen LogP contribution in [0.2, 0.25) is 0 Å². The van der Waals surface area contributed by atoms with Crippen molar-refractivity contribution in [1.82, 2.24) is 15.1 Å². The summed E-state index contributed by atoms with van der Waals surface area (Å²) in [6.07, 6.45) is 8.72. The van der Waals surface area contributed by atoms with Gasteiger partial charge in [-0.05, 0) is 74.1 Å². The van der Waals surface area contributed by atoms with E-state index < -0.39 is 16.1 Å². The Balaban J connectivity index is 1.27. The highest BCUT2D eigenvalue weighted by atomic mass is 32.2. The molecule has 2 fully saturated rings. The van der Waals surface area contributed by atoms with Gasteiger partial charge in [0.1, 0.15) is 11.5 Å². The third-order valence-electron chi connectivity index (χ3n) is 7.79. The van der Waals surface area contributed by atoms with Gasteiger partial charge in [0, 0.05) is 44.0 Å². The Morgan fingerprint density at radius 3 is 2.17 bits per heavy atom. The van der Waals surface area contributed by atoms with E-state index in [9.17, 15) is 18.3 Å². The van der Waals surface area contributed by atoms with E-state index in [2.05, 4.69) is 27.1 Å². The van der Waals surface area contributed by atoms with Crippen LogP contribution in [0.25, 0.3) is 0 Å². The van der Waals surface area contributed by atoms with Gasteiger partial charge >= 0.3 is 6.03 Å². The molecule has 1 unspecified atom stereocenters. The zero-order valence-corrected chi connectivity index (χ0v) is 24.5. The molecule has 3 N–H and O–H groups in total. The standard InChI is InChI=1S/C30H44N4O5S/c1-3-27(35)22-34(30(36)31-24-7-5-4-6-8-24)26-17-19-33(20-18-26)21-23-9-13-28(14-10-23)39-29-15-11-25(12-16-29)32-40(2,37)38/h9-16,24,26-27,32,35H,3-8,17-22H2,1-2H3,(H,31,36). The van der Waals surface area contributed by atoms with E-state index >= 15 is 0 Å². The van der Waals surface area contributed by atoms with E-state index in [0.29, 0.717) is 30.2 Å². The molecule has 220 valence electrons. The average molecular weight is 573 g/mol. The molecule has 10 heteroatoms. The number of sulfonamides is 1. The van der Waals surface area contributed by atoms with Gasteiger partial charge in [-0.25, -0.2) is 13.2 Å². The lowest BCUT2D eigenvalue weighted by molar-refractivity contribution is 0.0704. The number of hydrogen-bond acceptors (Lipinski definition) is 6. The maximum absolute atomic E-state index is 13.2. The summed E-state index contributed by atoms with van der Waals surface area (Å²) < 4.78 is 31.1. The highest BCUT2D eigenvalue weighted by Crippen LogP contribution is 2.25. The minimum absolute atomic E-state index is 0.0188. The zero-order chi connectivity index (χ0) is 28.5. The van der Waals surface area contributed by atoms with Crippen LogP contribution in [0.15, 0.2) is 48.5 Å². The summed E-state index contributed by atoms with van der Waals surface area (Å²) in [6.45, 7) is 4.96. The van der Waals surface area contributed by atoms with Gasteiger partial charge in [0.2, 0.25) is 10.0 Å². The van der Waals surface area contributed by atoms with Crippen molar-refractivity contribution in [3.63, 3.8) is 0 Å². The number of likely N-dealkylation sites (tertiary alicyclic amines) is 1. The lowest BCUT2D eigenvalue weighted by Gasteiger charge is -2.40. The minimum Gasteiger partial charge on any atom is -0.457 e. The molecule has 1 saturated carbocycles. The van der Waals surface area contributed by atoms with Gasteiger partial charge in [-0.1, -0.05) is 38.3 Å². The van der Waals surface area contributed by atoms with Crippen molar-refractivity contribution in [2.24, 2.45) is 0 Å². The predicted octanol–water partition coefficient (Wildman–Crippen LogP) is 4.93. The number of urea groups is 1. The smallest absolute Gasteiger partial charge is 0.317 e. The molecule has 9 nitrogen and oxygen atoms in total. The third-order valence-corrected chi connectivity index (χ3v) is 8.40. The first-order chi connectivity index (χ1) is 19.2. The van der Waals surface area contributed by atoms with E-state index in [1.54, 1.807) is 24.3 Å². The van der Waals surface area contributed by atoms with E-state index in [1.165, 1.54) is 24.8 Å². The van der Waals surface area contributed by atoms with Crippen molar-refractivity contribution in [3.8, 4) is 11.5 Å². The molecule has 1 heterocycles. The topological polar surface area (TPSA) is 111 Å². The first-order valence-corrected chi connectivity index (χ1v) is 16.4. The van der Waals surface area contributed by atoms with E-state index in [1.807, 2.05) is 24.0 Å². The van der Waals surface area contributed by atoms with Crippen molar-refractivity contribution >= 4 is 21.7 Å². The number of carbonyl (C=O) groups is 1. The Bertz CT molecular complexity index is 1180. The molecule has 1 saturated heterocycles. The maximum atomic E-state index is 13.2. The Morgan fingerprint density at radius 2 is 1.60 bits per heavy atom. The van der Waals surface area contributed by atoms with Gasteiger partial charge in [0.25, 0.3) is 0 Å². The Hall–Kier alpha value is -2.82. The molecule has 40 heavy (non-hydrogen) atoms. The first kappa shape index (κ1) is 30.1. The Labute approximate surface area is 238 Å². The summed E-state index contributed by atoms with van der Waals surface area (Å²) in [5.41, 5.74) is 1.68. The summed E-state index contributed by atoms with van der Waals surface area (Å²) in [5.74, 6) is 1.33. The lowest BCUT2D eigenvalue weighted by atomic mass is 9.95. The van der Waals surface area contributed by atoms with Crippen molar-refractivity contribution < 1.29 is 23.1 Å². The van der Waals surface area contributed by atoms with Crippen molar-refractivity contribution in [2.45, 2.75) is 83.0 Å². The van der Waals surface area contributed by atoms with Crippen LogP contribution >= 0.6 is 0 Å². The quantitative estimate of drug-likeness (QED) is 0.352. The van der Waals surface area contributed by atoms with Crippen LogP contribution < -0.4 is 14.8 Å². The second-order valence-corrected chi connectivity index (χ2v) is 12.9. The lowest BCUT2D eigenvalue weighted by Crippen LogP contribution is -2.54. The summed E-state index contributed by atoms with van der Waals surface area (Å²) in [7, 11) is -3.31. The van der Waals surface area contributed by atoms with Crippen LogP contribution in [0, 0.1) is 0 Å². The zero-order valence-electron chi connectivity index (χ0n) is 23.7. The molecule has 1 aliphatic carbocycles. The Kier molecular flexibility index (Phi) is 10.7. The number of ether oxygens (including phenoxy) is 1. The summed E-state index contributed by atoms with van der Waals surface area (Å²) in [5, 5.41) is 13.6. The van der Waals surface area contributed by atoms with E-state index in [-0.39, 0.29) is 18.1 Å². The average Bonchev–Trinajstić information content (AvgIpc) is 2.94. The third kappa shape index (κ3) is 9.38. The molecule has 2 aromatic rings. The van der Waals surface area contributed by atoms with Gasteiger partial charge in [0.15, 0.2) is 0 Å². The fourth-order valence-electron chi connectivity index (χ4n) is 5.51. The number of hydrogen-bond donors (Lipinski definition) is 3. The number of amides is 2. The number of piperidine rings is 1. The molecule has 2 amide bonds. The number of carbonyl (C=O) groups excluding carboxylic acids is 1. The number of aliphatic hydroxyl groups is 1. The summed E-state index contributed by atoms with van der Waals surface area (Å²) in [4.78, 5) is 17.5. The number of aliphatic hydroxyl groups excluding tert-OH is 1. The molecule has 4 rings (SSSR count). The van der Waals surface area contributed by atoms with Crippen LogP contribution in [0.3, 0.4) is 0 Å². The van der Waals surface area contributed by atoms with Gasteiger partial charge in [-0.15, -0.1) is 0 Å². The van der Waals surface area contributed by atoms with Crippen LogP contribution in [0.4, 0.5) is 10.5 Å². The number of rotatable bonds is 11. The van der Waals surface area contributed by atoms with Crippen LogP contribution in [-0.2, 0) is 16.6 Å². The maximum Gasteiger partial charge on any atom is 0.317 e. The SMILES string of the molecule is CCC(O)CN(C(=O)NC1CCCCC1)C1CCN(Cc2ccc(Oc3ccc(NS(C)(=O)=O)cc3)cc2)CC1. The van der Waals surface area contributed by atoms with Crippen LogP contribution in [0.1, 0.15) is 63.9 Å². The summed E-state index contributed by atoms with van der Waals surface area (Å²) in [6, 6.07) is 15.1. The molecule has 1 aliphatic heterocycles. The molecule has 0 spiro atoms. The van der Waals surface area contributed by atoms with E-state index in [0.717, 1.165) is 51.6 Å². The molecular weight excluding hydrogens is 528 g/mol. The molecule has 2 aromatic carbocycles. The normalized spacial score (nSPS) is 18.2. The molecule has 0 aromatic heterocycles. The highest BCUT2D eigenvalue weighted by molar-refractivity contribution is 7.92. The molecular formula is C30H44N4O5S. The number of nitrogens with one attached hydrogen (secondary N) is 2. The minimum atomic E-state index is -3.31. The number of anilines is 1. The van der Waals surface area contributed by atoms with Crippen molar-refractivity contribution in [2.75, 3.05) is 30.6 Å². The predicted molar refractivity (Wildman–Crippen MR) is 158 cm³/mol. The van der Waals surface area contributed by atoms with Crippen molar-refractivity contribution in [3.05, 3.63) is 54.1 Å². The van der Waals surface area contributed by atoms with Gasteiger partial charge in [0.05, 0.1) is 12.4 Å². The number of benzene rings is 2. The van der Waals surface area contributed by atoms with Crippen LogP contribution in [0.5, 0.6) is 11.5 Å². The Morgan fingerprint density at radius 1 is 1.00 bits per heavy atom. The fourth-order valence-corrected chi connectivity index (χ4v) is 6.07.